The number of esters is 3. The van der Waals surface area contributed by atoms with E-state index in [1.165, 1.54) is 6.42 Å². The van der Waals surface area contributed by atoms with Crippen LogP contribution in [0.25, 0.3) is 0 Å². The van der Waals surface area contributed by atoms with Crippen LogP contribution < -0.4 is 0 Å². The highest BCUT2D eigenvalue weighted by Crippen LogP contribution is 2.64. The Kier molecular flexibility index (Phi) is 5.80. The summed E-state index contributed by atoms with van der Waals surface area (Å²) < 4.78 is 37.3. The molecule has 0 radical (unpaired) electrons. The normalized spacial score (nSPS) is 52.7. The van der Waals surface area contributed by atoms with Gasteiger partial charge in [0, 0.05) is 0 Å². The fourth-order valence-corrected chi connectivity index (χ4v) is 14.0. The minimum absolute atomic E-state index is 0.00217. The smallest absolute Gasteiger partial charge is 0.318 e. The lowest BCUT2D eigenvalue weighted by molar-refractivity contribution is -0.221. The highest BCUT2D eigenvalue weighted by Gasteiger charge is 2.69. The predicted octanol–water partition coefficient (Wildman–Crippen LogP) is 4.43. The lowest BCUT2D eigenvalue weighted by Crippen LogP contribution is -2.61. The monoisotopic (exact) mass is 560 g/mol. The maximum atomic E-state index is 14.8. The van der Waals surface area contributed by atoms with E-state index >= 15 is 0 Å². The van der Waals surface area contributed by atoms with E-state index in [4.69, 9.17) is 9.47 Å². The molecule has 8 heteroatoms. The van der Waals surface area contributed by atoms with Gasteiger partial charge < -0.3 is 9.47 Å². The lowest BCUT2D eigenvalue weighted by atomic mass is 9.50. The number of carbonyl (C=O) groups excluding carboxylic acids is 3. The third-order valence-corrected chi connectivity index (χ3v) is 15.4. The Labute approximate surface area is 232 Å². The Morgan fingerprint density at radius 3 is 2.08 bits per heavy atom. The van der Waals surface area contributed by atoms with Crippen LogP contribution in [0.1, 0.15) is 79.1 Å². The molecule has 6 aliphatic carbocycles. The van der Waals surface area contributed by atoms with Gasteiger partial charge in [-0.05, 0) is 124 Å². The van der Waals surface area contributed by atoms with Gasteiger partial charge in [-0.25, -0.2) is 8.42 Å². The first-order valence-electron chi connectivity index (χ1n) is 15.5. The summed E-state index contributed by atoms with van der Waals surface area (Å²) >= 11 is 0. The summed E-state index contributed by atoms with van der Waals surface area (Å²) in [6.45, 7) is 8.05. The lowest BCUT2D eigenvalue weighted by Gasteiger charge is -2.60. The molecule has 39 heavy (non-hydrogen) atoms. The van der Waals surface area contributed by atoms with Crippen molar-refractivity contribution < 1.29 is 32.3 Å². The summed E-state index contributed by atoms with van der Waals surface area (Å²) in [5, 5.41) is 0. The van der Waals surface area contributed by atoms with E-state index in [0.717, 1.165) is 56.8 Å². The van der Waals surface area contributed by atoms with E-state index in [9.17, 15) is 22.8 Å². The molecule has 2 saturated heterocycles. The SMILES string of the molecule is CC1CS(=O)(=O)CC1C1C(=O)OC(=O)C1C(C)(C(=O)OC1(C)C2CC3CC(C2)CC1C3)C1C2CCC(C2)C1C. The molecule has 2 aliphatic heterocycles. The fraction of sp³-hybridized carbons (Fsp3) is 0.903. The molecule has 0 aromatic rings. The van der Waals surface area contributed by atoms with E-state index in [1.54, 1.807) is 0 Å². The second-order valence-corrected chi connectivity index (χ2v) is 17.5. The minimum atomic E-state index is -3.33. The minimum Gasteiger partial charge on any atom is -0.458 e. The molecule has 0 amide bonds. The number of hydrogen-bond donors (Lipinski definition) is 0. The van der Waals surface area contributed by atoms with Crippen molar-refractivity contribution in [2.45, 2.75) is 84.7 Å². The number of hydrogen-bond acceptors (Lipinski definition) is 7. The zero-order chi connectivity index (χ0) is 27.6. The Morgan fingerprint density at radius 1 is 0.923 bits per heavy atom. The molecule has 8 rings (SSSR count). The highest BCUT2D eigenvalue weighted by molar-refractivity contribution is 7.91. The fourth-order valence-electron chi connectivity index (χ4n) is 11.7. The molecule has 9 atom stereocenters. The molecule has 0 N–H and O–H groups in total. The van der Waals surface area contributed by atoms with Crippen molar-refractivity contribution in [3.63, 3.8) is 0 Å². The second-order valence-electron chi connectivity index (χ2n) is 15.3. The molecule has 6 saturated carbocycles. The van der Waals surface area contributed by atoms with Crippen molar-refractivity contribution >= 4 is 27.7 Å². The molecule has 0 aromatic carbocycles. The van der Waals surface area contributed by atoms with Crippen LogP contribution in [0, 0.1) is 76.4 Å². The molecule has 8 aliphatic rings. The maximum absolute atomic E-state index is 14.8. The van der Waals surface area contributed by atoms with Crippen molar-refractivity contribution in [1.29, 1.82) is 0 Å². The zero-order valence-electron chi connectivity index (χ0n) is 23.8. The van der Waals surface area contributed by atoms with Crippen molar-refractivity contribution in [3.05, 3.63) is 0 Å². The van der Waals surface area contributed by atoms with Gasteiger partial charge in [-0.3, -0.25) is 14.4 Å². The Morgan fingerprint density at radius 2 is 1.54 bits per heavy atom. The van der Waals surface area contributed by atoms with Gasteiger partial charge >= 0.3 is 17.9 Å². The molecule has 2 heterocycles. The van der Waals surface area contributed by atoms with E-state index in [1.807, 2.05) is 13.8 Å². The van der Waals surface area contributed by atoms with Crippen LogP contribution in [-0.4, -0.2) is 43.4 Å². The second kappa shape index (κ2) is 8.54. The number of carbonyl (C=O) groups is 3. The summed E-state index contributed by atoms with van der Waals surface area (Å²) in [5.41, 5.74) is -1.80. The average molecular weight is 561 g/mol. The molecule has 8 fully saturated rings. The van der Waals surface area contributed by atoms with Crippen LogP contribution in [0.5, 0.6) is 0 Å². The summed E-state index contributed by atoms with van der Waals surface area (Å²) in [7, 11) is -3.33. The van der Waals surface area contributed by atoms with Gasteiger partial charge in [0.25, 0.3) is 0 Å². The first-order chi connectivity index (χ1) is 18.3. The van der Waals surface area contributed by atoms with Crippen molar-refractivity contribution in [1.82, 2.24) is 0 Å². The molecule has 6 bridgehead atoms. The summed E-state index contributed by atoms with van der Waals surface area (Å²) in [4.78, 5) is 41.8. The maximum Gasteiger partial charge on any atom is 0.318 e. The molecule has 0 aromatic heterocycles. The van der Waals surface area contributed by atoms with Crippen LogP contribution >= 0.6 is 0 Å². The van der Waals surface area contributed by atoms with E-state index < -0.39 is 50.5 Å². The predicted molar refractivity (Wildman–Crippen MR) is 143 cm³/mol. The summed E-state index contributed by atoms with van der Waals surface area (Å²) in [5.74, 6) is -1.49. The van der Waals surface area contributed by atoms with Gasteiger partial charge in [0.2, 0.25) is 0 Å². The molecular weight excluding hydrogens is 516 g/mol. The zero-order valence-corrected chi connectivity index (χ0v) is 24.6. The van der Waals surface area contributed by atoms with Crippen molar-refractivity contribution in [2.75, 3.05) is 11.5 Å². The molecule has 216 valence electrons. The van der Waals surface area contributed by atoms with Gasteiger partial charge in [0.05, 0.1) is 28.8 Å². The quantitative estimate of drug-likeness (QED) is 0.362. The van der Waals surface area contributed by atoms with Crippen LogP contribution in [-0.2, 0) is 33.7 Å². The van der Waals surface area contributed by atoms with Gasteiger partial charge in [0.1, 0.15) is 5.60 Å². The number of cyclic esters (lactones) is 2. The standard InChI is InChI=1S/C31H44O7S/c1-15-13-39(35,36)14-23(15)24-26(28(33)37-27(24)32)30(3,25-16(2)19-5-6-20(25)12-19)29(34)38-31(4)21-8-17-7-18(10-21)11-22(31)9-17/h15-26H,5-14H2,1-4H3. The molecular formula is C31H44O7S. The van der Waals surface area contributed by atoms with Crippen molar-refractivity contribution in [3.8, 4) is 0 Å². The van der Waals surface area contributed by atoms with Crippen LogP contribution in [0.3, 0.4) is 0 Å². The van der Waals surface area contributed by atoms with E-state index in [2.05, 4.69) is 13.8 Å². The summed E-state index contributed by atoms with van der Waals surface area (Å²) in [6, 6.07) is 0. The van der Waals surface area contributed by atoms with Crippen LogP contribution in [0.15, 0.2) is 0 Å². The third kappa shape index (κ3) is 3.71. The molecule has 0 spiro atoms. The summed E-state index contributed by atoms with van der Waals surface area (Å²) in [6.07, 6.45) is 8.89. The van der Waals surface area contributed by atoms with E-state index in [-0.39, 0.29) is 35.2 Å². The van der Waals surface area contributed by atoms with E-state index in [0.29, 0.717) is 23.7 Å². The van der Waals surface area contributed by atoms with Gasteiger partial charge in [0.15, 0.2) is 9.84 Å². The van der Waals surface area contributed by atoms with Crippen LogP contribution in [0.2, 0.25) is 0 Å². The first-order valence-corrected chi connectivity index (χ1v) is 17.3. The van der Waals surface area contributed by atoms with Crippen molar-refractivity contribution in [2.24, 2.45) is 76.4 Å². The van der Waals surface area contributed by atoms with Gasteiger partial charge in [-0.15, -0.1) is 0 Å². The highest BCUT2D eigenvalue weighted by atomic mass is 32.2. The largest absolute Gasteiger partial charge is 0.458 e. The van der Waals surface area contributed by atoms with Crippen LogP contribution in [0.4, 0.5) is 0 Å². The number of sulfone groups is 1. The number of ether oxygens (including phenoxy) is 2. The number of fused-ring (bicyclic) bond motifs is 2. The molecule has 7 nitrogen and oxygen atoms in total. The number of rotatable bonds is 5. The third-order valence-electron chi connectivity index (χ3n) is 13.4. The Hall–Kier alpha value is -1.44. The first kappa shape index (κ1) is 26.5. The Balaban J connectivity index is 1.29. The topological polar surface area (TPSA) is 104 Å². The van der Waals surface area contributed by atoms with Gasteiger partial charge in [-0.1, -0.05) is 13.8 Å². The van der Waals surface area contributed by atoms with Gasteiger partial charge in [-0.2, -0.15) is 0 Å². The Bertz CT molecular complexity index is 1180. The molecule has 9 unspecified atom stereocenters. The average Bonchev–Trinajstić information content (AvgIpc) is 3.58.